The van der Waals surface area contributed by atoms with Gasteiger partial charge in [-0.25, -0.2) is 0 Å². The molecule has 2 heteroatoms. The first-order chi connectivity index (χ1) is 10.4. The molecule has 108 valence electrons. The summed E-state index contributed by atoms with van der Waals surface area (Å²) in [5.41, 5.74) is 2.56. The Bertz CT molecular complexity index is 546. The second-order valence-electron chi connectivity index (χ2n) is 4.98. The third kappa shape index (κ3) is 5.76. The summed E-state index contributed by atoms with van der Waals surface area (Å²) in [5.74, 6) is 0. The van der Waals surface area contributed by atoms with Crippen molar-refractivity contribution in [2.24, 2.45) is 4.99 Å². The van der Waals surface area contributed by atoms with Crippen LogP contribution in [0, 0.1) is 0 Å². The molecule has 2 rings (SSSR count). The van der Waals surface area contributed by atoms with Crippen molar-refractivity contribution in [2.75, 3.05) is 13.1 Å². The number of aliphatic imine (C=N–C) groups is 1. The van der Waals surface area contributed by atoms with Gasteiger partial charge in [0.15, 0.2) is 0 Å². The number of benzene rings is 2. The molecule has 0 bridgehead atoms. The van der Waals surface area contributed by atoms with Gasteiger partial charge in [-0.3, -0.25) is 9.89 Å². The summed E-state index contributed by atoms with van der Waals surface area (Å²) in [6.45, 7) is 7.21. The van der Waals surface area contributed by atoms with Gasteiger partial charge in [0.05, 0.1) is 6.54 Å². The Kier molecular flexibility index (Phi) is 6.43. The molecule has 0 saturated carbocycles. The second-order valence-corrected chi connectivity index (χ2v) is 4.98. The number of hydrogen-bond acceptors (Lipinski definition) is 2. The third-order valence-corrected chi connectivity index (χ3v) is 3.22. The van der Waals surface area contributed by atoms with Crippen molar-refractivity contribution in [1.29, 1.82) is 0 Å². The average Bonchev–Trinajstić information content (AvgIpc) is 2.54. The Morgan fingerprint density at radius 1 is 0.857 bits per heavy atom. The van der Waals surface area contributed by atoms with Gasteiger partial charge in [0, 0.05) is 25.8 Å². The van der Waals surface area contributed by atoms with E-state index in [4.69, 9.17) is 0 Å². The standard InChI is InChI=1S/C19H22N2/c1-2-14-21(17-19-11-7-4-8-12-19)15-13-20-16-18-9-5-3-6-10-18/h2-13H,1,14-17H2. The summed E-state index contributed by atoms with van der Waals surface area (Å²) in [7, 11) is 0. The smallest absolute Gasteiger partial charge is 0.0636 e. The SMILES string of the molecule is C=CCN(CC=NCc1ccccc1)Cc1ccccc1. The molecule has 0 aromatic heterocycles. The molecule has 0 N–H and O–H groups in total. The summed E-state index contributed by atoms with van der Waals surface area (Å²) in [6.07, 6.45) is 3.94. The molecular weight excluding hydrogens is 256 g/mol. The minimum atomic E-state index is 0.744. The molecule has 2 aromatic rings. The van der Waals surface area contributed by atoms with Crippen LogP contribution >= 0.6 is 0 Å². The molecule has 0 heterocycles. The highest BCUT2D eigenvalue weighted by Gasteiger charge is 2.02. The van der Waals surface area contributed by atoms with E-state index in [2.05, 4.69) is 52.9 Å². The number of hydrogen-bond donors (Lipinski definition) is 0. The van der Waals surface area contributed by atoms with Crippen molar-refractivity contribution in [3.05, 3.63) is 84.4 Å². The van der Waals surface area contributed by atoms with Crippen LogP contribution in [0.25, 0.3) is 0 Å². The van der Waals surface area contributed by atoms with E-state index in [9.17, 15) is 0 Å². The summed E-state index contributed by atoms with van der Waals surface area (Å²) >= 11 is 0. The number of rotatable bonds is 8. The fourth-order valence-corrected chi connectivity index (χ4v) is 2.15. The Hall–Kier alpha value is -2.19. The summed E-state index contributed by atoms with van der Waals surface area (Å²) in [6, 6.07) is 20.8. The predicted molar refractivity (Wildman–Crippen MR) is 90.6 cm³/mol. The maximum atomic E-state index is 4.50. The van der Waals surface area contributed by atoms with Crippen molar-refractivity contribution in [2.45, 2.75) is 13.1 Å². The monoisotopic (exact) mass is 278 g/mol. The van der Waals surface area contributed by atoms with E-state index in [0.717, 1.165) is 26.2 Å². The van der Waals surface area contributed by atoms with Crippen molar-refractivity contribution < 1.29 is 0 Å². The minimum absolute atomic E-state index is 0.744. The zero-order valence-electron chi connectivity index (χ0n) is 12.4. The molecule has 2 aromatic carbocycles. The van der Waals surface area contributed by atoms with Gasteiger partial charge in [-0.15, -0.1) is 6.58 Å². The first kappa shape index (κ1) is 15.2. The highest BCUT2D eigenvalue weighted by molar-refractivity contribution is 5.59. The fraction of sp³-hybridized carbons (Fsp3) is 0.211. The van der Waals surface area contributed by atoms with Crippen molar-refractivity contribution >= 4 is 6.21 Å². The van der Waals surface area contributed by atoms with Crippen LogP contribution in [0.3, 0.4) is 0 Å². The zero-order chi connectivity index (χ0) is 14.8. The quantitative estimate of drug-likeness (QED) is 0.527. The van der Waals surface area contributed by atoms with Crippen LogP contribution in [0.15, 0.2) is 78.3 Å². The normalized spacial score (nSPS) is 11.1. The molecule has 0 atom stereocenters. The van der Waals surface area contributed by atoms with Crippen LogP contribution in [-0.4, -0.2) is 24.2 Å². The summed E-state index contributed by atoms with van der Waals surface area (Å²) in [5, 5.41) is 0. The maximum absolute atomic E-state index is 4.50. The van der Waals surface area contributed by atoms with Gasteiger partial charge in [0.2, 0.25) is 0 Å². The second kappa shape index (κ2) is 8.88. The largest absolute Gasteiger partial charge is 0.291 e. The van der Waals surface area contributed by atoms with Crippen LogP contribution in [0.4, 0.5) is 0 Å². The molecular formula is C19H22N2. The molecule has 0 amide bonds. The first-order valence-electron chi connectivity index (χ1n) is 7.28. The highest BCUT2D eigenvalue weighted by Crippen LogP contribution is 2.04. The predicted octanol–water partition coefficient (Wildman–Crippen LogP) is 3.95. The van der Waals surface area contributed by atoms with Gasteiger partial charge in [-0.05, 0) is 11.1 Å². The van der Waals surface area contributed by atoms with Crippen LogP contribution in [0.5, 0.6) is 0 Å². The molecule has 0 aliphatic rings. The Morgan fingerprint density at radius 3 is 2.10 bits per heavy atom. The van der Waals surface area contributed by atoms with Crippen LogP contribution < -0.4 is 0 Å². The lowest BCUT2D eigenvalue weighted by Crippen LogP contribution is -2.25. The van der Waals surface area contributed by atoms with Gasteiger partial charge < -0.3 is 0 Å². The van der Waals surface area contributed by atoms with E-state index in [-0.39, 0.29) is 0 Å². The van der Waals surface area contributed by atoms with Crippen molar-refractivity contribution in [1.82, 2.24) is 4.90 Å². The van der Waals surface area contributed by atoms with Gasteiger partial charge in [-0.2, -0.15) is 0 Å². The van der Waals surface area contributed by atoms with Crippen molar-refractivity contribution in [3.8, 4) is 0 Å². The van der Waals surface area contributed by atoms with Gasteiger partial charge in [-0.1, -0.05) is 66.7 Å². The molecule has 0 aliphatic heterocycles. The Labute approximate surface area is 127 Å². The highest BCUT2D eigenvalue weighted by atomic mass is 15.1. The third-order valence-electron chi connectivity index (χ3n) is 3.22. The molecule has 0 unspecified atom stereocenters. The fourth-order valence-electron chi connectivity index (χ4n) is 2.15. The molecule has 0 radical (unpaired) electrons. The molecule has 0 saturated heterocycles. The van der Waals surface area contributed by atoms with Gasteiger partial charge in [0.1, 0.15) is 0 Å². The van der Waals surface area contributed by atoms with E-state index >= 15 is 0 Å². The van der Waals surface area contributed by atoms with E-state index in [0.29, 0.717) is 0 Å². The molecule has 21 heavy (non-hydrogen) atoms. The molecule has 0 fully saturated rings. The lowest BCUT2D eigenvalue weighted by molar-refractivity contribution is 0.339. The summed E-state index contributed by atoms with van der Waals surface area (Å²) < 4.78 is 0. The van der Waals surface area contributed by atoms with E-state index in [1.807, 2.05) is 36.6 Å². The van der Waals surface area contributed by atoms with E-state index in [1.54, 1.807) is 0 Å². The zero-order valence-corrected chi connectivity index (χ0v) is 12.4. The molecule has 0 aliphatic carbocycles. The average molecular weight is 278 g/mol. The summed E-state index contributed by atoms with van der Waals surface area (Å²) in [4.78, 5) is 6.82. The van der Waals surface area contributed by atoms with E-state index in [1.165, 1.54) is 11.1 Å². The van der Waals surface area contributed by atoms with E-state index < -0.39 is 0 Å². The number of nitrogens with zero attached hydrogens (tertiary/aromatic N) is 2. The minimum Gasteiger partial charge on any atom is -0.291 e. The van der Waals surface area contributed by atoms with Gasteiger partial charge >= 0.3 is 0 Å². The van der Waals surface area contributed by atoms with Gasteiger partial charge in [0.25, 0.3) is 0 Å². The van der Waals surface area contributed by atoms with Crippen LogP contribution in [0.1, 0.15) is 11.1 Å². The van der Waals surface area contributed by atoms with Crippen LogP contribution in [-0.2, 0) is 13.1 Å². The Balaban J connectivity index is 1.83. The lowest BCUT2D eigenvalue weighted by atomic mass is 10.2. The lowest BCUT2D eigenvalue weighted by Gasteiger charge is -2.18. The molecule has 0 spiro atoms. The van der Waals surface area contributed by atoms with Crippen LogP contribution in [0.2, 0.25) is 0 Å². The maximum Gasteiger partial charge on any atom is 0.0636 e. The molecule has 2 nitrogen and oxygen atoms in total. The van der Waals surface area contributed by atoms with Crippen molar-refractivity contribution in [3.63, 3.8) is 0 Å². The Morgan fingerprint density at radius 2 is 1.48 bits per heavy atom. The first-order valence-corrected chi connectivity index (χ1v) is 7.28. The topological polar surface area (TPSA) is 15.6 Å².